The Morgan fingerprint density at radius 3 is 2.65 bits per heavy atom. The lowest BCUT2D eigenvalue weighted by Crippen LogP contribution is -2.42. The van der Waals surface area contributed by atoms with E-state index in [9.17, 15) is 0 Å². The summed E-state index contributed by atoms with van der Waals surface area (Å²) in [4.78, 5) is 1.39. The molecule has 0 aliphatic heterocycles. The molecule has 0 radical (unpaired) electrons. The molecule has 1 aliphatic rings. The fourth-order valence-corrected chi connectivity index (χ4v) is 4.38. The van der Waals surface area contributed by atoms with E-state index in [1.54, 1.807) is 0 Å². The fraction of sp³-hybridized carbons (Fsp3) is 0.692. The third-order valence-electron chi connectivity index (χ3n) is 3.92. The molecule has 1 atom stereocenters. The van der Waals surface area contributed by atoms with Gasteiger partial charge in [-0.2, -0.15) is 0 Å². The molecule has 1 aromatic heterocycles. The van der Waals surface area contributed by atoms with Crippen LogP contribution in [0.1, 0.15) is 42.2 Å². The Balaban J connectivity index is 2.13. The molecule has 1 heterocycles. The average Bonchev–Trinajstić information content (AvgIpc) is 2.58. The van der Waals surface area contributed by atoms with Gasteiger partial charge in [0.05, 0.1) is 9.39 Å². The number of thiophene rings is 1. The van der Waals surface area contributed by atoms with Gasteiger partial charge in [-0.25, -0.2) is 0 Å². The van der Waals surface area contributed by atoms with E-state index in [4.69, 9.17) is 4.74 Å². The highest BCUT2D eigenvalue weighted by Crippen LogP contribution is 2.43. The molecule has 1 unspecified atom stereocenters. The minimum Gasteiger partial charge on any atom is -0.378 e. The van der Waals surface area contributed by atoms with Gasteiger partial charge in [-0.1, -0.05) is 0 Å². The summed E-state index contributed by atoms with van der Waals surface area (Å²) >= 11 is 5.38. The Labute approximate surface area is 116 Å². The topological polar surface area (TPSA) is 21.3 Å². The quantitative estimate of drug-likeness (QED) is 0.885. The van der Waals surface area contributed by atoms with Crippen LogP contribution in [0.2, 0.25) is 0 Å². The van der Waals surface area contributed by atoms with E-state index in [0.717, 1.165) is 6.42 Å². The van der Waals surface area contributed by atoms with Crippen LogP contribution in [0, 0.1) is 6.92 Å². The van der Waals surface area contributed by atoms with Crippen molar-refractivity contribution in [2.45, 2.75) is 44.2 Å². The predicted molar refractivity (Wildman–Crippen MR) is 76.8 cm³/mol. The number of ether oxygens (including phenoxy) is 1. The van der Waals surface area contributed by atoms with Gasteiger partial charge < -0.3 is 10.1 Å². The summed E-state index contributed by atoms with van der Waals surface area (Å²) in [7, 11) is 3.89. The average molecular weight is 318 g/mol. The van der Waals surface area contributed by atoms with Crippen LogP contribution in [0.25, 0.3) is 0 Å². The van der Waals surface area contributed by atoms with Crippen molar-refractivity contribution in [1.82, 2.24) is 5.32 Å². The highest BCUT2D eigenvalue weighted by atomic mass is 79.9. The van der Waals surface area contributed by atoms with E-state index in [1.807, 2.05) is 25.5 Å². The van der Waals surface area contributed by atoms with Crippen LogP contribution in [0.3, 0.4) is 0 Å². The van der Waals surface area contributed by atoms with Crippen LogP contribution in [-0.2, 0) is 4.74 Å². The summed E-state index contributed by atoms with van der Waals surface area (Å²) in [5, 5.41) is 3.44. The molecule has 2 rings (SSSR count). The molecule has 1 aromatic rings. The van der Waals surface area contributed by atoms with Crippen LogP contribution in [-0.4, -0.2) is 19.8 Å². The molecule has 0 spiro atoms. The highest BCUT2D eigenvalue weighted by molar-refractivity contribution is 9.11. The first-order valence-electron chi connectivity index (χ1n) is 6.08. The maximum Gasteiger partial charge on any atom is 0.0704 e. The minimum atomic E-state index is 0.120. The molecule has 1 aliphatic carbocycles. The lowest BCUT2D eigenvalue weighted by atomic mass is 9.75. The first kappa shape index (κ1) is 13.5. The molecule has 4 heteroatoms. The van der Waals surface area contributed by atoms with Crippen molar-refractivity contribution in [3.63, 3.8) is 0 Å². The highest BCUT2D eigenvalue weighted by Gasteiger charge is 2.39. The second kappa shape index (κ2) is 5.39. The van der Waals surface area contributed by atoms with Crippen LogP contribution in [0.4, 0.5) is 0 Å². The molecule has 1 saturated carbocycles. The van der Waals surface area contributed by atoms with Gasteiger partial charge >= 0.3 is 0 Å². The van der Waals surface area contributed by atoms with Crippen molar-refractivity contribution in [2.24, 2.45) is 0 Å². The molecule has 0 amide bonds. The van der Waals surface area contributed by atoms with Gasteiger partial charge in [0.15, 0.2) is 0 Å². The van der Waals surface area contributed by atoms with E-state index in [1.165, 1.54) is 33.5 Å². The molecular weight excluding hydrogens is 298 g/mol. The first-order chi connectivity index (χ1) is 8.10. The van der Waals surface area contributed by atoms with Gasteiger partial charge in [0, 0.05) is 18.0 Å². The van der Waals surface area contributed by atoms with Crippen LogP contribution in [0.15, 0.2) is 9.85 Å². The summed E-state index contributed by atoms with van der Waals surface area (Å²) in [6.07, 6.45) is 4.78. The minimum absolute atomic E-state index is 0.120. The van der Waals surface area contributed by atoms with E-state index in [-0.39, 0.29) is 5.60 Å². The van der Waals surface area contributed by atoms with Crippen molar-refractivity contribution in [2.75, 3.05) is 14.2 Å². The number of rotatable bonds is 5. The molecular formula is C13H20BrNOS. The third kappa shape index (κ3) is 2.75. The predicted octanol–water partition coefficient (Wildman–Crippen LogP) is 4.04. The number of halogens is 1. The van der Waals surface area contributed by atoms with Gasteiger partial charge in [-0.05, 0) is 67.2 Å². The van der Waals surface area contributed by atoms with E-state index in [0.29, 0.717) is 6.04 Å². The number of aryl methyl sites for hydroxylation is 1. The standard InChI is InChI=1S/C13H20BrNOS/c1-9-10(7-12(14)17-9)11(15-2)8-13(16-3)5-4-6-13/h7,11,15H,4-6,8H2,1-3H3. The SMILES string of the molecule is CNC(CC1(OC)CCC1)c1cc(Br)sc1C. The molecule has 0 saturated heterocycles. The molecule has 1 fully saturated rings. The van der Waals surface area contributed by atoms with E-state index >= 15 is 0 Å². The maximum atomic E-state index is 5.73. The van der Waals surface area contributed by atoms with Gasteiger partial charge in [0.1, 0.15) is 0 Å². The largest absolute Gasteiger partial charge is 0.378 e. The molecule has 2 nitrogen and oxygen atoms in total. The normalized spacial score (nSPS) is 20.0. The van der Waals surface area contributed by atoms with Crippen molar-refractivity contribution in [3.05, 3.63) is 20.3 Å². The van der Waals surface area contributed by atoms with Crippen molar-refractivity contribution in [3.8, 4) is 0 Å². The van der Waals surface area contributed by atoms with Gasteiger partial charge in [-0.3, -0.25) is 0 Å². The number of hydrogen-bond donors (Lipinski definition) is 1. The smallest absolute Gasteiger partial charge is 0.0704 e. The second-order valence-electron chi connectivity index (χ2n) is 4.85. The first-order valence-corrected chi connectivity index (χ1v) is 7.69. The number of methoxy groups -OCH3 is 1. The Morgan fingerprint density at radius 1 is 1.59 bits per heavy atom. The maximum absolute atomic E-state index is 5.73. The monoisotopic (exact) mass is 317 g/mol. The number of hydrogen-bond acceptors (Lipinski definition) is 3. The summed E-state index contributed by atoms with van der Waals surface area (Å²) in [5.74, 6) is 0. The third-order valence-corrected chi connectivity index (χ3v) is 5.49. The zero-order chi connectivity index (χ0) is 12.5. The van der Waals surface area contributed by atoms with Crippen LogP contribution in [0.5, 0.6) is 0 Å². The zero-order valence-electron chi connectivity index (χ0n) is 10.7. The fourth-order valence-electron chi connectivity index (χ4n) is 2.61. The van der Waals surface area contributed by atoms with Gasteiger partial charge in [-0.15, -0.1) is 11.3 Å². The van der Waals surface area contributed by atoms with Crippen LogP contribution >= 0.6 is 27.3 Å². The van der Waals surface area contributed by atoms with Crippen molar-refractivity contribution < 1.29 is 4.74 Å². The van der Waals surface area contributed by atoms with Crippen molar-refractivity contribution >= 4 is 27.3 Å². The molecule has 17 heavy (non-hydrogen) atoms. The number of nitrogens with one attached hydrogen (secondary N) is 1. The Hall–Kier alpha value is 0.1000. The van der Waals surface area contributed by atoms with Gasteiger partial charge in [0.25, 0.3) is 0 Å². The zero-order valence-corrected chi connectivity index (χ0v) is 13.1. The van der Waals surface area contributed by atoms with Crippen LogP contribution < -0.4 is 5.32 Å². The second-order valence-corrected chi connectivity index (χ2v) is 7.48. The Kier molecular flexibility index (Phi) is 4.29. The van der Waals surface area contributed by atoms with Crippen molar-refractivity contribution in [1.29, 1.82) is 0 Å². The van der Waals surface area contributed by atoms with E-state index < -0.39 is 0 Å². The summed E-state index contributed by atoms with van der Waals surface area (Å²) in [6, 6.07) is 2.64. The Bertz CT molecular complexity index is 381. The van der Waals surface area contributed by atoms with E-state index in [2.05, 4.69) is 34.2 Å². The molecule has 1 N–H and O–H groups in total. The molecule has 96 valence electrons. The molecule has 0 aromatic carbocycles. The summed E-state index contributed by atoms with van der Waals surface area (Å²) < 4.78 is 6.94. The molecule has 0 bridgehead atoms. The van der Waals surface area contributed by atoms with Gasteiger partial charge in [0.2, 0.25) is 0 Å². The summed E-state index contributed by atoms with van der Waals surface area (Å²) in [5.41, 5.74) is 1.53. The Morgan fingerprint density at radius 2 is 2.29 bits per heavy atom. The summed E-state index contributed by atoms with van der Waals surface area (Å²) in [6.45, 7) is 2.19. The lowest BCUT2D eigenvalue weighted by Gasteiger charge is -2.42. The lowest BCUT2D eigenvalue weighted by molar-refractivity contribution is -0.0834.